The van der Waals surface area contributed by atoms with E-state index >= 15 is 0 Å². The molecule has 0 aliphatic heterocycles. The normalized spacial score (nSPS) is 24.1. The van der Waals surface area contributed by atoms with E-state index in [2.05, 4.69) is 0 Å². The molecule has 0 radical (unpaired) electrons. The molecule has 1 aromatic carbocycles. The summed E-state index contributed by atoms with van der Waals surface area (Å²) >= 11 is 0. The maximum absolute atomic E-state index is 11.0. The summed E-state index contributed by atoms with van der Waals surface area (Å²) < 4.78 is 22.0. The molecule has 0 saturated heterocycles. The van der Waals surface area contributed by atoms with Gasteiger partial charge in [0, 0.05) is 28.7 Å². The van der Waals surface area contributed by atoms with Gasteiger partial charge in [-0.1, -0.05) is 12.1 Å². The Labute approximate surface area is 96.6 Å². The number of nitro benzene ring substituents is 1. The highest BCUT2D eigenvalue weighted by Gasteiger charge is 2.47. The van der Waals surface area contributed by atoms with Crippen molar-refractivity contribution in [2.75, 3.05) is 0 Å². The van der Waals surface area contributed by atoms with Crippen LogP contribution in [0, 0.1) is 10.1 Å². The van der Waals surface area contributed by atoms with Gasteiger partial charge in [-0.05, 0) is 12.0 Å². The second-order valence-electron chi connectivity index (χ2n) is 3.70. The van der Waals surface area contributed by atoms with Crippen molar-refractivity contribution in [2.24, 2.45) is 0 Å². The Hall–Kier alpha value is -1.14. The van der Waals surface area contributed by atoms with Gasteiger partial charge in [0.05, 0.1) is 10.2 Å². The molecule has 0 amide bonds. The van der Waals surface area contributed by atoms with Crippen LogP contribution in [0.3, 0.4) is 0 Å². The van der Waals surface area contributed by atoms with E-state index in [0.29, 0.717) is 6.42 Å². The van der Waals surface area contributed by atoms with Crippen molar-refractivity contribution in [1.82, 2.24) is 0 Å². The largest absolute Gasteiger partial charge is 0.269 e. The molecule has 1 aromatic rings. The van der Waals surface area contributed by atoms with Gasteiger partial charge in [-0.2, -0.15) is 0 Å². The lowest BCUT2D eigenvalue weighted by Crippen LogP contribution is -1.99. The highest BCUT2D eigenvalue weighted by Crippen LogP contribution is 2.47. The zero-order valence-electron chi connectivity index (χ0n) is 8.04. The van der Waals surface area contributed by atoms with Crippen LogP contribution < -0.4 is 0 Å². The molecule has 0 aromatic heterocycles. The maximum atomic E-state index is 11.0. The minimum atomic E-state index is -3.52. The number of benzene rings is 1. The molecule has 1 aliphatic rings. The van der Waals surface area contributed by atoms with Gasteiger partial charge in [0.15, 0.2) is 0 Å². The van der Waals surface area contributed by atoms with Crippen LogP contribution in [0.1, 0.15) is 17.9 Å². The third-order valence-electron chi connectivity index (χ3n) is 2.63. The zero-order chi connectivity index (χ0) is 11.9. The van der Waals surface area contributed by atoms with Crippen LogP contribution in [0.5, 0.6) is 0 Å². The Morgan fingerprint density at radius 3 is 2.25 bits per heavy atom. The minimum Gasteiger partial charge on any atom is -0.258 e. The Balaban J connectivity index is 2.17. The number of halogens is 1. The number of nitro groups is 1. The van der Waals surface area contributed by atoms with Crippen LogP contribution in [0.25, 0.3) is 0 Å². The summed E-state index contributed by atoms with van der Waals surface area (Å²) in [5, 5.41) is 9.86. The highest BCUT2D eigenvalue weighted by molar-refractivity contribution is 8.14. The van der Waals surface area contributed by atoms with Crippen LogP contribution in [-0.4, -0.2) is 18.6 Å². The molecule has 0 heterocycles. The summed E-state index contributed by atoms with van der Waals surface area (Å²) in [6.07, 6.45) is 0.490. The van der Waals surface area contributed by atoms with Gasteiger partial charge in [0.2, 0.25) is 9.05 Å². The molecule has 0 N–H and O–H groups in total. The molecule has 1 fully saturated rings. The Morgan fingerprint density at radius 2 is 1.88 bits per heavy atom. The monoisotopic (exact) mass is 261 g/mol. The van der Waals surface area contributed by atoms with E-state index in [0.717, 1.165) is 5.56 Å². The minimum absolute atomic E-state index is 0.00493. The van der Waals surface area contributed by atoms with E-state index in [1.165, 1.54) is 12.1 Å². The molecule has 2 unspecified atom stereocenters. The van der Waals surface area contributed by atoms with Gasteiger partial charge in [-0.25, -0.2) is 8.42 Å². The van der Waals surface area contributed by atoms with Gasteiger partial charge >= 0.3 is 0 Å². The molecule has 86 valence electrons. The van der Waals surface area contributed by atoms with Crippen molar-refractivity contribution in [3.05, 3.63) is 39.9 Å². The second-order valence-corrected chi connectivity index (χ2v) is 6.55. The van der Waals surface area contributed by atoms with Crippen LogP contribution in [-0.2, 0) is 9.05 Å². The lowest BCUT2D eigenvalue weighted by molar-refractivity contribution is -0.384. The fraction of sp³-hybridized carbons (Fsp3) is 0.333. The Morgan fingerprint density at radius 1 is 1.31 bits per heavy atom. The van der Waals surface area contributed by atoms with E-state index in [4.69, 9.17) is 10.7 Å². The molecule has 0 spiro atoms. The molecule has 0 bridgehead atoms. The summed E-state index contributed by atoms with van der Waals surface area (Å²) in [7, 11) is 1.71. The molecule has 2 atom stereocenters. The van der Waals surface area contributed by atoms with Crippen LogP contribution in [0.2, 0.25) is 0 Å². The van der Waals surface area contributed by atoms with Gasteiger partial charge in [0.1, 0.15) is 0 Å². The predicted molar refractivity (Wildman–Crippen MR) is 59.0 cm³/mol. The van der Waals surface area contributed by atoms with E-state index in [-0.39, 0.29) is 11.6 Å². The lowest BCUT2D eigenvalue weighted by Gasteiger charge is -1.98. The first kappa shape index (κ1) is 11.3. The first-order valence-corrected chi connectivity index (χ1v) is 6.94. The third-order valence-corrected chi connectivity index (χ3v) is 4.56. The smallest absolute Gasteiger partial charge is 0.258 e. The molecule has 16 heavy (non-hydrogen) atoms. The van der Waals surface area contributed by atoms with E-state index < -0.39 is 19.2 Å². The second kappa shape index (κ2) is 3.71. The number of nitrogens with zero attached hydrogens (tertiary/aromatic N) is 1. The standard InChI is InChI=1S/C9H8ClNO4S/c10-16(14,15)9-5-8(9)6-1-3-7(4-2-6)11(12)13/h1-4,8-9H,5H2. The van der Waals surface area contributed by atoms with Gasteiger partial charge < -0.3 is 0 Å². The van der Waals surface area contributed by atoms with Gasteiger partial charge in [-0.3, -0.25) is 10.1 Å². The number of non-ortho nitro benzene ring substituents is 1. The van der Waals surface area contributed by atoms with Crippen LogP contribution in [0.15, 0.2) is 24.3 Å². The van der Waals surface area contributed by atoms with Crippen molar-refractivity contribution < 1.29 is 13.3 Å². The SMILES string of the molecule is O=[N+]([O-])c1ccc(C2CC2S(=O)(=O)Cl)cc1. The quantitative estimate of drug-likeness (QED) is 0.474. The van der Waals surface area contributed by atoms with Crippen LogP contribution in [0.4, 0.5) is 5.69 Å². The average Bonchev–Trinajstić information content (AvgIpc) is 2.96. The molecular formula is C9H8ClNO4S. The topological polar surface area (TPSA) is 77.3 Å². The van der Waals surface area contributed by atoms with Crippen LogP contribution >= 0.6 is 10.7 Å². The van der Waals surface area contributed by atoms with E-state index in [1.54, 1.807) is 12.1 Å². The van der Waals surface area contributed by atoms with E-state index in [1.807, 2.05) is 0 Å². The summed E-state index contributed by atoms with van der Waals surface area (Å²) in [5.41, 5.74) is 0.773. The van der Waals surface area contributed by atoms with Crippen molar-refractivity contribution in [3.63, 3.8) is 0 Å². The molecular weight excluding hydrogens is 254 g/mol. The number of hydrogen-bond acceptors (Lipinski definition) is 4. The summed E-state index contributed by atoms with van der Waals surface area (Å²) in [6.45, 7) is 0. The highest BCUT2D eigenvalue weighted by atomic mass is 35.7. The number of hydrogen-bond donors (Lipinski definition) is 0. The first-order valence-electron chi connectivity index (χ1n) is 4.57. The maximum Gasteiger partial charge on any atom is 0.269 e. The van der Waals surface area contributed by atoms with Crippen molar-refractivity contribution >= 4 is 25.4 Å². The summed E-state index contributed by atoms with van der Waals surface area (Å²) in [6, 6.07) is 5.88. The van der Waals surface area contributed by atoms with Gasteiger partial charge in [0.25, 0.3) is 5.69 Å². The molecule has 1 aliphatic carbocycles. The van der Waals surface area contributed by atoms with Crippen molar-refractivity contribution in [3.8, 4) is 0 Å². The molecule has 1 saturated carbocycles. The van der Waals surface area contributed by atoms with E-state index in [9.17, 15) is 18.5 Å². The van der Waals surface area contributed by atoms with Crippen molar-refractivity contribution in [1.29, 1.82) is 0 Å². The average molecular weight is 262 g/mol. The fourth-order valence-corrected chi connectivity index (χ4v) is 3.25. The molecule has 7 heteroatoms. The predicted octanol–water partition coefficient (Wildman–Crippen LogP) is 2.02. The fourth-order valence-electron chi connectivity index (χ4n) is 1.68. The lowest BCUT2D eigenvalue weighted by atomic mass is 10.1. The Kier molecular flexibility index (Phi) is 2.63. The molecule has 5 nitrogen and oxygen atoms in total. The first-order chi connectivity index (χ1) is 7.39. The third kappa shape index (κ3) is 2.17. The van der Waals surface area contributed by atoms with Crippen molar-refractivity contribution in [2.45, 2.75) is 17.6 Å². The Bertz CT molecular complexity index is 525. The zero-order valence-corrected chi connectivity index (χ0v) is 9.61. The molecule has 2 rings (SSSR count). The van der Waals surface area contributed by atoms with Gasteiger partial charge in [-0.15, -0.1) is 0 Å². The summed E-state index contributed by atoms with van der Waals surface area (Å²) in [4.78, 5) is 9.92. The summed E-state index contributed by atoms with van der Waals surface area (Å²) in [5.74, 6) is -0.122. The number of rotatable bonds is 3.